The fourth-order valence-electron chi connectivity index (χ4n) is 2.20. The zero-order valence-electron chi connectivity index (χ0n) is 14.9. The predicted octanol–water partition coefficient (Wildman–Crippen LogP) is 3.78. The molecular formula is C19H23NO4S. The van der Waals surface area contributed by atoms with Crippen molar-refractivity contribution < 1.29 is 17.9 Å². The molecular weight excluding hydrogens is 338 g/mol. The van der Waals surface area contributed by atoms with Crippen molar-refractivity contribution in [3.63, 3.8) is 0 Å². The topological polar surface area (TPSA) is 72.5 Å². The Morgan fingerprint density at radius 2 is 1.44 bits per heavy atom. The van der Waals surface area contributed by atoms with E-state index in [1.54, 1.807) is 24.3 Å². The second-order valence-corrected chi connectivity index (χ2v) is 8.86. The highest BCUT2D eigenvalue weighted by Crippen LogP contribution is 2.22. The molecule has 0 aliphatic rings. The van der Waals surface area contributed by atoms with Crippen LogP contribution >= 0.6 is 0 Å². The van der Waals surface area contributed by atoms with Gasteiger partial charge in [-0.05, 0) is 49.6 Å². The molecule has 0 saturated heterocycles. The first-order chi connectivity index (χ1) is 11.5. The van der Waals surface area contributed by atoms with E-state index >= 15 is 0 Å². The fourth-order valence-corrected chi connectivity index (χ4v) is 2.83. The Morgan fingerprint density at radius 1 is 0.960 bits per heavy atom. The Hall–Kier alpha value is -2.34. The van der Waals surface area contributed by atoms with E-state index in [1.807, 2.05) is 45.0 Å². The maximum Gasteiger partial charge on any atom is 0.407 e. The van der Waals surface area contributed by atoms with Crippen molar-refractivity contribution in [2.24, 2.45) is 0 Å². The van der Waals surface area contributed by atoms with E-state index in [1.165, 1.54) is 6.26 Å². The summed E-state index contributed by atoms with van der Waals surface area (Å²) in [4.78, 5) is 12.0. The van der Waals surface area contributed by atoms with Crippen LogP contribution in [-0.2, 0) is 21.1 Å². The first kappa shape index (κ1) is 19.0. The van der Waals surface area contributed by atoms with Crippen LogP contribution in [0.5, 0.6) is 0 Å². The minimum atomic E-state index is -3.19. The van der Waals surface area contributed by atoms with Crippen molar-refractivity contribution in [2.75, 3.05) is 6.26 Å². The van der Waals surface area contributed by atoms with Gasteiger partial charge in [0.2, 0.25) is 0 Å². The van der Waals surface area contributed by atoms with Crippen LogP contribution in [-0.4, -0.2) is 26.4 Å². The van der Waals surface area contributed by atoms with E-state index in [-0.39, 0.29) is 0 Å². The molecule has 0 aliphatic carbocycles. The zero-order chi connectivity index (χ0) is 18.7. The molecule has 2 aromatic rings. The second-order valence-electron chi connectivity index (χ2n) is 6.85. The van der Waals surface area contributed by atoms with Crippen LogP contribution < -0.4 is 5.32 Å². The number of ether oxygens (including phenoxy) is 1. The maximum absolute atomic E-state index is 11.7. The molecule has 6 heteroatoms. The largest absolute Gasteiger partial charge is 0.444 e. The standard InChI is InChI=1S/C19H23NO4S/c1-19(2,3)24-18(21)20-13-14-5-7-15(8-6-14)16-9-11-17(12-10-16)25(4,22)23/h5-12H,13H2,1-4H3,(H,20,21). The van der Waals surface area contributed by atoms with Gasteiger partial charge >= 0.3 is 6.09 Å². The van der Waals surface area contributed by atoms with Crippen LogP contribution in [0.3, 0.4) is 0 Å². The molecule has 0 atom stereocenters. The highest BCUT2D eigenvalue weighted by Gasteiger charge is 2.15. The van der Waals surface area contributed by atoms with Crippen LogP contribution in [0.2, 0.25) is 0 Å². The number of alkyl carbamates (subject to hydrolysis) is 1. The smallest absolute Gasteiger partial charge is 0.407 e. The van der Waals surface area contributed by atoms with Crippen molar-refractivity contribution in [3.8, 4) is 11.1 Å². The Balaban J connectivity index is 2.01. The molecule has 25 heavy (non-hydrogen) atoms. The minimum absolute atomic E-state index is 0.300. The van der Waals surface area contributed by atoms with Crippen molar-refractivity contribution in [1.29, 1.82) is 0 Å². The Kier molecular flexibility index (Phi) is 5.52. The van der Waals surface area contributed by atoms with E-state index < -0.39 is 21.5 Å². The maximum atomic E-state index is 11.7. The molecule has 134 valence electrons. The average molecular weight is 361 g/mol. The zero-order valence-corrected chi connectivity index (χ0v) is 15.7. The van der Waals surface area contributed by atoms with Gasteiger partial charge in [-0.15, -0.1) is 0 Å². The third-order valence-electron chi connectivity index (χ3n) is 3.41. The van der Waals surface area contributed by atoms with Gasteiger partial charge in [0.1, 0.15) is 5.60 Å². The van der Waals surface area contributed by atoms with E-state index in [0.717, 1.165) is 16.7 Å². The molecule has 0 spiro atoms. The molecule has 2 aromatic carbocycles. The van der Waals surface area contributed by atoms with E-state index in [4.69, 9.17) is 4.74 Å². The molecule has 1 N–H and O–H groups in total. The van der Waals surface area contributed by atoms with E-state index in [9.17, 15) is 13.2 Å². The number of rotatable bonds is 4. The summed E-state index contributed by atoms with van der Waals surface area (Å²) >= 11 is 0. The van der Waals surface area contributed by atoms with E-state index in [2.05, 4.69) is 5.32 Å². The Morgan fingerprint density at radius 3 is 1.88 bits per heavy atom. The lowest BCUT2D eigenvalue weighted by Crippen LogP contribution is -2.32. The van der Waals surface area contributed by atoms with Gasteiger partial charge in [-0.25, -0.2) is 13.2 Å². The number of carbonyl (C=O) groups excluding carboxylic acids is 1. The second kappa shape index (κ2) is 7.27. The lowest BCUT2D eigenvalue weighted by molar-refractivity contribution is 0.0523. The number of amides is 1. The van der Waals surface area contributed by atoms with Crippen LogP contribution in [0.4, 0.5) is 4.79 Å². The SMILES string of the molecule is CC(C)(C)OC(=O)NCc1ccc(-c2ccc(S(C)(=O)=O)cc2)cc1. The summed E-state index contributed by atoms with van der Waals surface area (Å²) in [7, 11) is -3.19. The lowest BCUT2D eigenvalue weighted by atomic mass is 10.0. The quantitative estimate of drug-likeness (QED) is 0.899. The average Bonchev–Trinajstić information content (AvgIpc) is 2.51. The molecule has 0 radical (unpaired) electrons. The fraction of sp³-hybridized carbons (Fsp3) is 0.316. The third-order valence-corrected chi connectivity index (χ3v) is 4.53. The van der Waals surface area contributed by atoms with Crippen LogP contribution in [0.15, 0.2) is 53.4 Å². The number of nitrogens with one attached hydrogen (secondary N) is 1. The summed E-state index contributed by atoms with van der Waals surface area (Å²) in [6.07, 6.45) is 0.738. The number of hydrogen-bond donors (Lipinski definition) is 1. The summed E-state index contributed by atoms with van der Waals surface area (Å²) in [6, 6.07) is 14.5. The lowest BCUT2D eigenvalue weighted by Gasteiger charge is -2.19. The van der Waals surface area contributed by atoms with Gasteiger partial charge in [-0.1, -0.05) is 36.4 Å². The van der Waals surface area contributed by atoms with Gasteiger partial charge in [0.15, 0.2) is 9.84 Å². The van der Waals surface area contributed by atoms with Crippen molar-refractivity contribution in [3.05, 3.63) is 54.1 Å². The number of sulfone groups is 1. The summed E-state index contributed by atoms with van der Waals surface area (Å²) in [5.41, 5.74) is 2.33. The molecule has 0 unspecified atom stereocenters. The highest BCUT2D eigenvalue weighted by molar-refractivity contribution is 7.90. The highest BCUT2D eigenvalue weighted by atomic mass is 32.2. The molecule has 0 aliphatic heterocycles. The molecule has 1 amide bonds. The normalized spacial score (nSPS) is 11.8. The minimum Gasteiger partial charge on any atom is -0.444 e. The molecule has 2 rings (SSSR count). The van der Waals surface area contributed by atoms with Crippen molar-refractivity contribution in [2.45, 2.75) is 37.8 Å². The summed E-state index contributed by atoms with van der Waals surface area (Å²) in [5, 5.41) is 2.71. The summed E-state index contributed by atoms with van der Waals surface area (Å²) < 4.78 is 28.2. The van der Waals surface area contributed by atoms with Gasteiger partial charge in [0.05, 0.1) is 4.90 Å². The van der Waals surface area contributed by atoms with Gasteiger partial charge in [0.25, 0.3) is 0 Å². The predicted molar refractivity (Wildman–Crippen MR) is 98.1 cm³/mol. The summed E-state index contributed by atoms with van der Waals surface area (Å²) in [6.45, 7) is 5.82. The monoisotopic (exact) mass is 361 g/mol. The Bertz CT molecular complexity index is 832. The van der Waals surface area contributed by atoms with E-state index in [0.29, 0.717) is 11.4 Å². The van der Waals surface area contributed by atoms with Crippen LogP contribution in [0.25, 0.3) is 11.1 Å². The molecule has 0 saturated carbocycles. The van der Waals surface area contributed by atoms with Gasteiger partial charge in [-0.2, -0.15) is 0 Å². The molecule has 5 nitrogen and oxygen atoms in total. The first-order valence-corrected chi connectivity index (χ1v) is 9.80. The molecule has 0 bridgehead atoms. The van der Waals surface area contributed by atoms with Crippen LogP contribution in [0, 0.1) is 0 Å². The summed E-state index contributed by atoms with van der Waals surface area (Å²) in [5.74, 6) is 0. The van der Waals surface area contributed by atoms with Crippen molar-refractivity contribution in [1.82, 2.24) is 5.32 Å². The van der Waals surface area contributed by atoms with Gasteiger partial charge in [0, 0.05) is 12.8 Å². The van der Waals surface area contributed by atoms with Gasteiger partial charge in [-0.3, -0.25) is 0 Å². The molecule has 0 aromatic heterocycles. The molecule has 0 heterocycles. The first-order valence-electron chi connectivity index (χ1n) is 7.91. The van der Waals surface area contributed by atoms with Crippen molar-refractivity contribution >= 4 is 15.9 Å². The number of carbonyl (C=O) groups is 1. The number of benzene rings is 2. The third kappa shape index (κ3) is 5.90. The van der Waals surface area contributed by atoms with Gasteiger partial charge < -0.3 is 10.1 Å². The number of hydrogen-bond acceptors (Lipinski definition) is 4. The van der Waals surface area contributed by atoms with Crippen LogP contribution in [0.1, 0.15) is 26.3 Å². The molecule has 0 fully saturated rings. The Labute approximate surface area is 148 Å².